The van der Waals surface area contributed by atoms with Gasteiger partial charge in [-0.2, -0.15) is 0 Å². The van der Waals surface area contributed by atoms with Crippen LogP contribution in [0.3, 0.4) is 0 Å². The van der Waals surface area contributed by atoms with Crippen molar-refractivity contribution < 1.29 is 38.7 Å². The number of hydrogen-bond acceptors (Lipinski definition) is 6. The van der Waals surface area contributed by atoms with Gasteiger partial charge in [-0.15, -0.1) is 10.2 Å². The fourth-order valence-electron chi connectivity index (χ4n) is 4.39. The molecule has 0 aromatic heterocycles. The highest BCUT2D eigenvalue weighted by molar-refractivity contribution is 8.01. The molecule has 5 aromatic rings. The second-order valence-electron chi connectivity index (χ2n) is 8.45. The van der Waals surface area contributed by atoms with E-state index in [0.29, 0.717) is 0 Å². The molecule has 0 aliphatic carbocycles. The molecule has 1 N–H and O–H groups in total. The zero-order valence-electron chi connectivity index (χ0n) is 20.8. The lowest BCUT2D eigenvalue weighted by Gasteiger charge is -2.27. The van der Waals surface area contributed by atoms with Crippen LogP contribution < -0.4 is 44.6 Å². The first-order valence-electron chi connectivity index (χ1n) is 12.0. The molecule has 0 saturated carbocycles. The lowest BCUT2D eigenvalue weighted by atomic mass is 10.2. The zero-order chi connectivity index (χ0) is 27.7. The predicted molar refractivity (Wildman–Crippen MR) is 144 cm³/mol. The summed E-state index contributed by atoms with van der Waals surface area (Å²) in [5.41, 5.74) is 0.867. The van der Waals surface area contributed by atoms with E-state index in [1.165, 1.54) is 21.2 Å². The Hall–Kier alpha value is -3.58. The quantitative estimate of drug-likeness (QED) is 0.294. The van der Waals surface area contributed by atoms with Gasteiger partial charge in [0.1, 0.15) is 40.0 Å². The Balaban J connectivity index is 0.000000648. The van der Waals surface area contributed by atoms with Gasteiger partial charge in [0.05, 0.1) is 6.61 Å². The maximum Gasteiger partial charge on any atom is 0.144 e. The molecule has 0 saturated heterocycles. The second-order valence-corrected chi connectivity index (χ2v) is 12.6. The normalized spacial score (nSPS) is 11.3. The molecule has 0 aliphatic rings. The van der Waals surface area contributed by atoms with E-state index in [2.05, 4.69) is 115 Å². The minimum absolute atomic E-state index is 0.0270. The second kappa shape index (κ2) is 13.0. The van der Waals surface area contributed by atoms with Crippen LogP contribution in [0, 0.1) is 10.2 Å². The van der Waals surface area contributed by atoms with E-state index in [-0.39, 0.29) is 6.61 Å². The van der Waals surface area contributed by atoms with Gasteiger partial charge in [0.25, 0.3) is 0 Å². The van der Waals surface area contributed by atoms with Gasteiger partial charge in [-0.3, -0.25) is 0 Å². The van der Waals surface area contributed by atoms with E-state index >= 15 is 0 Å². The Bertz CT molecular complexity index is 1320. The van der Waals surface area contributed by atoms with Gasteiger partial charge >= 0.3 is 0 Å². The van der Waals surface area contributed by atoms with Crippen molar-refractivity contribution in [3.8, 4) is 11.5 Å². The molecule has 0 amide bonds. The van der Waals surface area contributed by atoms with Crippen molar-refractivity contribution >= 4 is 28.5 Å². The van der Waals surface area contributed by atoms with Crippen molar-refractivity contribution in [3.63, 3.8) is 0 Å². The summed E-state index contributed by atoms with van der Waals surface area (Å²) in [7, 11) is -7.05. The van der Waals surface area contributed by atoms with E-state index in [1.807, 2.05) is 24.3 Å². The maximum absolute atomic E-state index is 9.27. The average Bonchev–Trinajstić information content (AvgIpc) is 2.96. The first kappa shape index (κ1) is 28.4. The van der Waals surface area contributed by atoms with Gasteiger partial charge < -0.3 is 9.84 Å². The van der Waals surface area contributed by atoms with Crippen LogP contribution >= 0.6 is 7.26 Å². The van der Waals surface area contributed by atoms with Crippen molar-refractivity contribution in [2.45, 2.75) is 6.61 Å². The number of aliphatic hydroxyl groups is 1. The number of ether oxygens (including phenoxy) is 1. The minimum Gasteiger partial charge on any atom is -0.457 e. The van der Waals surface area contributed by atoms with E-state index in [4.69, 9.17) is 23.4 Å². The maximum atomic E-state index is 9.27. The van der Waals surface area contributed by atoms with Gasteiger partial charge in [0, 0.05) is 0 Å². The van der Waals surface area contributed by atoms with Gasteiger partial charge in [-0.05, 0) is 78.4 Å². The van der Waals surface area contributed by atoms with Gasteiger partial charge in [-0.1, -0.05) is 66.7 Å². The SMILES string of the molecule is OCc1ccc(Oc2ccc([P+](c3ccccc3)(c3ccccc3)c3ccccc3)cc2)cc1.[O-][Cl+3]([O-])([O-])[O-]. The molecule has 5 rings (SSSR count). The molecule has 0 spiro atoms. The van der Waals surface area contributed by atoms with Crippen LogP contribution in [0.2, 0.25) is 0 Å². The lowest BCUT2D eigenvalue weighted by molar-refractivity contribution is -2.00. The molecule has 0 bridgehead atoms. The summed E-state index contributed by atoms with van der Waals surface area (Å²) in [6.45, 7) is 0.0270. The monoisotopic (exact) mass is 560 g/mol. The number of hydrogen-bond donors (Lipinski definition) is 1. The van der Waals surface area contributed by atoms with E-state index in [1.54, 1.807) is 0 Å². The summed E-state index contributed by atoms with van der Waals surface area (Å²) in [6, 6.07) is 48.5. The molecule has 0 heterocycles. The molecule has 0 radical (unpaired) electrons. The summed E-state index contributed by atoms with van der Waals surface area (Å²) in [4.78, 5) is 0. The standard InChI is InChI=1S/C31H26O2P.ClHO4/c32-24-25-16-18-26(19-17-25)33-27-20-22-31(23-21-27)34(28-10-4-1-5-11-28,29-12-6-2-7-13-29)30-14-8-3-9-15-30;2-1(3,4)5/h1-23,32H,24H2;(H,2,3,4,5)/q+1;/p-1. The third kappa shape index (κ3) is 7.30. The molecular weight excluding hydrogens is 535 g/mol. The highest BCUT2D eigenvalue weighted by atomic mass is 35.7. The van der Waals surface area contributed by atoms with E-state index < -0.39 is 17.5 Å². The number of aliphatic hydroxyl groups excluding tert-OH is 1. The van der Waals surface area contributed by atoms with Crippen LogP contribution in [0.5, 0.6) is 11.5 Å². The smallest absolute Gasteiger partial charge is 0.144 e. The van der Waals surface area contributed by atoms with Crippen LogP contribution in [0.25, 0.3) is 0 Å². The van der Waals surface area contributed by atoms with Crippen LogP contribution in [0.15, 0.2) is 140 Å². The predicted octanol–water partition coefficient (Wildman–Crippen LogP) is 0.835. The Morgan fingerprint density at radius 1 is 0.487 bits per heavy atom. The first-order chi connectivity index (χ1) is 18.8. The van der Waals surface area contributed by atoms with Crippen molar-refractivity contribution in [2.24, 2.45) is 0 Å². The Morgan fingerprint density at radius 2 is 0.795 bits per heavy atom. The molecular formula is C31H26ClO6P. The molecule has 5 aromatic carbocycles. The highest BCUT2D eigenvalue weighted by Crippen LogP contribution is 2.54. The number of halogens is 1. The highest BCUT2D eigenvalue weighted by Gasteiger charge is 2.47. The molecule has 0 atom stereocenters. The molecule has 6 nitrogen and oxygen atoms in total. The van der Waals surface area contributed by atoms with Crippen molar-refractivity contribution in [1.82, 2.24) is 0 Å². The summed E-state index contributed by atoms with van der Waals surface area (Å²) in [5.74, 6) is 1.54. The van der Waals surface area contributed by atoms with Crippen LogP contribution in [0.1, 0.15) is 5.56 Å². The molecule has 0 aliphatic heterocycles. The molecule has 0 unspecified atom stereocenters. The third-order valence-corrected chi connectivity index (χ3v) is 10.3. The summed E-state index contributed by atoms with van der Waals surface area (Å²) in [5, 5.41) is 14.5. The summed E-state index contributed by atoms with van der Waals surface area (Å²) < 4.78 is 40.1. The van der Waals surface area contributed by atoms with Gasteiger partial charge in [0.2, 0.25) is 0 Å². The van der Waals surface area contributed by atoms with Gasteiger partial charge in [0.15, 0.2) is 0 Å². The van der Waals surface area contributed by atoms with Crippen molar-refractivity contribution in [2.75, 3.05) is 0 Å². The van der Waals surface area contributed by atoms with Gasteiger partial charge in [-0.25, -0.2) is 18.6 Å². The number of rotatable bonds is 7. The Morgan fingerprint density at radius 3 is 1.13 bits per heavy atom. The minimum atomic E-state index is -4.94. The first-order valence-corrected chi connectivity index (χ1v) is 15.0. The van der Waals surface area contributed by atoms with Crippen LogP contribution in [0.4, 0.5) is 0 Å². The zero-order valence-corrected chi connectivity index (χ0v) is 22.5. The van der Waals surface area contributed by atoms with Crippen LogP contribution in [-0.2, 0) is 6.61 Å². The van der Waals surface area contributed by atoms with E-state index in [9.17, 15) is 5.11 Å². The topological polar surface area (TPSA) is 122 Å². The number of benzene rings is 5. The Kier molecular flexibility index (Phi) is 9.46. The largest absolute Gasteiger partial charge is 0.457 e. The van der Waals surface area contributed by atoms with Crippen molar-refractivity contribution in [1.29, 1.82) is 0 Å². The summed E-state index contributed by atoms with van der Waals surface area (Å²) in [6.07, 6.45) is 0. The fourth-order valence-corrected chi connectivity index (χ4v) is 8.63. The molecule has 198 valence electrons. The molecule has 0 fully saturated rings. The van der Waals surface area contributed by atoms with Crippen molar-refractivity contribution in [3.05, 3.63) is 145 Å². The lowest BCUT2D eigenvalue weighted by Crippen LogP contribution is -2.68. The average molecular weight is 561 g/mol. The fraction of sp³-hybridized carbons (Fsp3) is 0.0323. The Labute approximate surface area is 230 Å². The summed E-state index contributed by atoms with van der Waals surface area (Å²) >= 11 is 0. The molecule has 8 heteroatoms. The third-order valence-electron chi connectivity index (χ3n) is 6.00. The van der Waals surface area contributed by atoms with E-state index in [0.717, 1.165) is 17.1 Å². The van der Waals surface area contributed by atoms with Crippen LogP contribution in [-0.4, -0.2) is 5.11 Å². The molecule has 39 heavy (non-hydrogen) atoms.